The molecule has 0 atom stereocenters. The van der Waals surface area contributed by atoms with Crippen LogP contribution in [0.2, 0.25) is 0 Å². The Bertz CT molecular complexity index is 1690. The fourth-order valence-electron chi connectivity index (χ4n) is 6.78. The van der Waals surface area contributed by atoms with Crippen LogP contribution in [0.1, 0.15) is 25.0 Å². The highest BCUT2D eigenvalue weighted by Gasteiger charge is 2.57. The number of rotatable bonds is 2. The molecule has 0 unspecified atom stereocenters. The SMILES string of the molecule is Cc1ccc2c3c1c1ccccc1c1ncc(n13)[Si](c1ccccc1)(c1ccccc1)C2(C)C. The molecular weight excluding hydrogens is 428 g/mol. The van der Waals surface area contributed by atoms with Crippen molar-refractivity contribution in [2.75, 3.05) is 0 Å². The lowest BCUT2D eigenvalue weighted by Gasteiger charge is -2.49. The van der Waals surface area contributed by atoms with Gasteiger partial charge in [-0.1, -0.05) is 111 Å². The van der Waals surface area contributed by atoms with Gasteiger partial charge in [0, 0.05) is 27.3 Å². The van der Waals surface area contributed by atoms with E-state index in [2.05, 4.69) is 128 Å². The minimum Gasteiger partial charge on any atom is -0.299 e. The molecule has 0 aliphatic carbocycles. The van der Waals surface area contributed by atoms with Crippen LogP contribution in [0, 0.1) is 6.92 Å². The van der Waals surface area contributed by atoms with E-state index in [0.29, 0.717) is 0 Å². The summed E-state index contributed by atoms with van der Waals surface area (Å²) in [5.74, 6) is 0. The van der Waals surface area contributed by atoms with Crippen molar-refractivity contribution in [3.8, 4) is 0 Å². The van der Waals surface area contributed by atoms with E-state index < -0.39 is 8.07 Å². The molecular formula is C31H26N2Si. The molecule has 34 heavy (non-hydrogen) atoms. The summed E-state index contributed by atoms with van der Waals surface area (Å²) in [6, 6.07) is 35.9. The lowest BCUT2D eigenvalue weighted by Crippen LogP contribution is -2.78. The number of aromatic nitrogens is 2. The Morgan fingerprint density at radius 2 is 1.29 bits per heavy atom. The minimum atomic E-state index is -2.54. The second-order valence-corrected chi connectivity index (χ2v) is 14.5. The van der Waals surface area contributed by atoms with Crippen LogP contribution in [-0.4, -0.2) is 17.5 Å². The number of imidazole rings is 1. The van der Waals surface area contributed by atoms with Gasteiger partial charge in [0.25, 0.3) is 0 Å². The molecule has 3 heteroatoms. The van der Waals surface area contributed by atoms with Crippen molar-refractivity contribution in [1.82, 2.24) is 9.38 Å². The number of hydrogen-bond acceptors (Lipinski definition) is 1. The standard InChI is InChI=1S/C31H26N2Si/c1-21-18-19-26-29-28(21)24-16-10-11-17-25(24)30-32-20-27(33(29)30)34(31(26,2)3,22-12-6-4-7-13-22)23-14-8-5-9-15-23/h4-20H,1-3H3. The number of fused-ring (bicyclic) bond motifs is 3. The van der Waals surface area contributed by atoms with Gasteiger partial charge in [-0.05, 0) is 33.8 Å². The maximum Gasteiger partial charge on any atom is 0.181 e. The lowest BCUT2D eigenvalue weighted by molar-refractivity contribution is 0.732. The zero-order valence-electron chi connectivity index (χ0n) is 19.7. The molecule has 2 nitrogen and oxygen atoms in total. The van der Waals surface area contributed by atoms with E-state index in [0.717, 1.165) is 5.65 Å². The predicted molar refractivity (Wildman–Crippen MR) is 146 cm³/mol. The largest absolute Gasteiger partial charge is 0.299 e. The first-order valence-electron chi connectivity index (χ1n) is 12.0. The highest BCUT2D eigenvalue weighted by atomic mass is 28.3. The van der Waals surface area contributed by atoms with Gasteiger partial charge in [-0.25, -0.2) is 4.98 Å². The molecule has 0 spiro atoms. The smallest absolute Gasteiger partial charge is 0.181 e. The van der Waals surface area contributed by atoms with Gasteiger partial charge in [-0.2, -0.15) is 0 Å². The molecule has 0 saturated carbocycles. The van der Waals surface area contributed by atoms with Gasteiger partial charge in [0.15, 0.2) is 8.07 Å². The Balaban J connectivity index is 1.81. The highest BCUT2D eigenvalue weighted by molar-refractivity contribution is 7.13. The van der Waals surface area contributed by atoms with E-state index in [1.54, 1.807) is 0 Å². The van der Waals surface area contributed by atoms with Gasteiger partial charge in [0.05, 0.1) is 5.52 Å². The molecule has 3 heterocycles. The topological polar surface area (TPSA) is 17.3 Å². The molecule has 1 aliphatic heterocycles. The van der Waals surface area contributed by atoms with Crippen molar-refractivity contribution < 1.29 is 0 Å². The van der Waals surface area contributed by atoms with Crippen LogP contribution in [-0.2, 0) is 5.04 Å². The molecule has 0 amide bonds. The third-order valence-corrected chi connectivity index (χ3v) is 13.9. The molecule has 7 rings (SSSR count). The molecule has 4 aromatic carbocycles. The molecule has 2 aromatic heterocycles. The number of aryl methyl sites for hydroxylation is 1. The summed E-state index contributed by atoms with van der Waals surface area (Å²) < 4.78 is 2.53. The fourth-order valence-corrected chi connectivity index (χ4v) is 12.6. The lowest BCUT2D eigenvalue weighted by atomic mass is 9.93. The summed E-state index contributed by atoms with van der Waals surface area (Å²) in [7, 11) is -2.54. The van der Waals surface area contributed by atoms with Crippen molar-refractivity contribution in [2.24, 2.45) is 0 Å². The molecule has 0 saturated heterocycles. The van der Waals surface area contributed by atoms with Gasteiger partial charge in [0.1, 0.15) is 5.65 Å². The Labute approximate surface area is 200 Å². The fraction of sp³-hybridized carbons (Fsp3) is 0.129. The average molecular weight is 455 g/mol. The van der Waals surface area contributed by atoms with Crippen LogP contribution in [0.5, 0.6) is 0 Å². The van der Waals surface area contributed by atoms with Crippen molar-refractivity contribution in [1.29, 1.82) is 0 Å². The molecule has 0 radical (unpaired) electrons. The molecule has 0 bridgehead atoms. The van der Waals surface area contributed by atoms with E-state index in [1.807, 2.05) is 0 Å². The van der Waals surface area contributed by atoms with Gasteiger partial charge in [-0.3, -0.25) is 4.40 Å². The number of benzene rings is 4. The Morgan fingerprint density at radius 3 is 1.94 bits per heavy atom. The zero-order valence-corrected chi connectivity index (χ0v) is 20.7. The summed E-state index contributed by atoms with van der Waals surface area (Å²) >= 11 is 0. The van der Waals surface area contributed by atoms with Gasteiger partial charge >= 0.3 is 0 Å². The zero-order chi connectivity index (χ0) is 23.1. The van der Waals surface area contributed by atoms with Crippen molar-refractivity contribution in [3.63, 3.8) is 0 Å². The quantitative estimate of drug-likeness (QED) is 0.258. The third kappa shape index (κ3) is 2.18. The third-order valence-electron chi connectivity index (χ3n) is 8.22. The summed E-state index contributed by atoms with van der Waals surface area (Å²) in [6.07, 6.45) is 2.19. The van der Waals surface area contributed by atoms with Crippen molar-refractivity contribution in [3.05, 3.63) is 114 Å². The van der Waals surface area contributed by atoms with E-state index in [4.69, 9.17) is 4.98 Å². The Morgan fingerprint density at radius 1 is 0.706 bits per heavy atom. The Kier molecular flexibility index (Phi) is 3.88. The van der Waals surface area contributed by atoms with Gasteiger partial charge in [0.2, 0.25) is 0 Å². The summed E-state index contributed by atoms with van der Waals surface area (Å²) in [6.45, 7) is 7.19. The average Bonchev–Trinajstić information content (AvgIpc) is 3.31. The van der Waals surface area contributed by atoms with E-state index in [-0.39, 0.29) is 5.04 Å². The van der Waals surface area contributed by atoms with E-state index in [9.17, 15) is 0 Å². The predicted octanol–water partition coefficient (Wildman–Crippen LogP) is 5.25. The normalized spacial score (nSPS) is 16.0. The van der Waals surface area contributed by atoms with Crippen LogP contribution in [0.3, 0.4) is 0 Å². The monoisotopic (exact) mass is 454 g/mol. The van der Waals surface area contributed by atoms with Gasteiger partial charge in [-0.15, -0.1) is 0 Å². The number of nitrogens with zero attached hydrogens (tertiary/aromatic N) is 2. The van der Waals surface area contributed by atoms with Crippen molar-refractivity contribution >= 4 is 51.1 Å². The molecule has 0 fully saturated rings. The number of hydrogen-bond donors (Lipinski definition) is 0. The molecule has 1 aliphatic rings. The first-order chi connectivity index (χ1) is 16.6. The highest BCUT2D eigenvalue weighted by Crippen LogP contribution is 2.44. The van der Waals surface area contributed by atoms with Crippen molar-refractivity contribution in [2.45, 2.75) is 25.8 Å². The van der Waals surface area contributed by atoms with Crippen LogP contribution in [0.4, 0.5) is 0 Å². The molecule has 0 N–H and O–H groups in total. The molecule has 6 aromatic rings. The Hall–Kier alpha value is -3.69. The summed E-state index contributed by atoms with van der Waals surface area (Å²) in [4.78, 5) is 5.14. The van der Waals surface area contributed by atoms with Gasteiger partial charge < -0.3 is 0 Å². The maximum atomic E-state index is 5.14. The minimum absolute atomic E-state index is 0.0902. The first kappa shape index (κ1) is 19.7. The summed E-state index contributed by atoms with van der Waals surface area (Å²) in [5, 5.41) is 8.03. The first-order valence-corrected chi connectivity index (χ1v) is 14.0. The van der Waals surface area contributed by atoms with E-state index >= 15 is 0 Å². The number of pyridine rings is 1. The maximum absolute atomic E-state index is 5.14. The van der Waals surface area contributed by atoms with Crippen LogP contribution in [0.15, 0.2) is 103 Å². The van der Waals surface area contributed by atoms with Crippen LogP contribution < -0.4 is 15.7 Å². The molecule has 164 valence electrons. The van der Waals surface area contributed by atoms with Crippen LogP contribution in [0.25, 0.3) is 27.3 Å². The second kappa shape index (κ2) is 6.68. The van der Waals surface area contributed by atoms with Crippen LogP contribution >= 0.6 is 0 Å². The summed E-state index contributed by atoms with van der Waals surface area (Å²) in [5.41, 5.74) is 5.15. The van der Waals surface area contributed by atoms with E-state index in [1.165, 1.54) is 48.5 Å². The second-order valence-electron chi connectivity index (χ2n) is 10.1.